The van der Waals surface area contributed by atoms with E-state index in [1.807, 2.05) is 36.5 Å². The molecule has 1 saturated heterocycles. The van der Waals surface area contributed by atoms with Gasteiger partial charge in [-0.15, -0.1) is 0 Å². The van der Waals surface area contributed by atoms with Crippen molar-refractivity contribution >= 4 is 11.5 Å². The van der Waals surface area contributed by atoms with Gasteiger partial charge in [0.05, 0.1) is 0 Å². The van der Waals surface area contributed by atoms with Gasteiger partial charge in [0.15, 0.2) is 0 Å². The molecule has 2 heterocycles. The van der Waals surface area contributed by atoms with Gasteiger partial charge in [-0.1, -0.05) is 18.2 Å². The average Bonchev–Trinajstić information content (AvgIpc) is 2.94. The minimum absolute atomic E-state index is 0.688. The number of rotatable bonds is 5. The molecule has 21 heavy (non-hydrogen) atoms. The first-order valence-corrected chi connectivity index (χ1v) is 7.51. The molecule has 4 nitrogen and oxygen atoms in total. The molecule has 0 saturated carbocycles. The van der Waals surface area contributed by atoms with E-state index < -0.39 is 0 Å². The molecule has 1 aromatic heterocycles. The molecule has 1 atom stereocenters. The second-order valence-electron chi connectivity index (χ2n) is 5.73. The van der Waals surface area contributed by atoms with Crippen molar-refractivity contribution in [1.29, 1.82) is 0 Å². The van der Waals surface area contributed by atoms with Crippen LogP contribution in [0.25, 0.3) is 0 Å². The van der Waals surface area contributed by atoms with E-state index in [1.54, 1.807) is 0 Å². The number of likely N-dealkylation sites (tertiary alicyclic amines) is 1. The lowest BCUT2D eigenvalue weighted by atomic mass is 10.1. The minimum atomic E-state index is 0.688. The van der Waals surface area contributed by atoms with E-state index in [2.05, 4.69) is 27.3 Å². The van der Waals surface area contributed by atoms with Crippen molar-refractivity contribution in [3.05, 3.63) is 54.2 Å². The molecule has 2 aromatic rings. The maximum absolute atomic E-state index is 5.84. The fourth-order valence-corrected chi connectivity index (χ4v) is 2.89. The molecular weight excluding hydrogens is 260 g/mol. The van der Waals surface area contributed by atoms with E-state index in [4.69, 9.17) is 5.73 Å². The zero-order valence-corrected chi connectivity index (χ0v) is 12.2. The predicted molar refractivity (Wildman–Crippen MR) is 87.0 cm³/mol. The Morgan fingerprint density at radius 3 is 3.00 bits per heavy atom. The summed E-state index contributed by atoms with van der Waals surface area (Å²) >= 11 is 0. The summed E-state index contributed by atoms with van der Waals surface area (Å²) in [4.78, 5) is 6.80. The second-order valence-corrected chi connectivity index (χ2v) is 5.73. The second kappa shape index (κ2) is 6.59. The van der Waals surface area contributed by atoms with Crippen LogP contribution in [0.3, 0.4) is 0 Å². The van der Waals surface area contributed by atoms with Gasteiger partial charge in [-0.3, -0.25) is 4.90 Å². The zero-order valence-electron chi connectivity index (χ0n) is 12.2. The lowest BCUT2D eigenvalue weighted by Crippen LogP contribution is -2.22. The molecule has 0 radical (unpaired) electrons. The van der Waals surface area contributed by atoms with Gasteiger partial charge in [-0.25, -0.2) is 4.98 Å². The number of nitrogens with one attached hydrogen (secondary N) is 1. The van der Waals surface area contributed by atoms with Gasteiger partial charge in [0, 0.05) is 31.5 Å². The van der Waals surface area contributed by atoms with Gasteiger partial charge in [0.25, 0.3) is 0 Å². The molecule has 1 aliphatic heterocycles. The van der Waals surface area contributed by atoms with Crippen LogP contribution in [-0.2, 0) is 6.54 Å². The van der Waals surface area contributed by atoms with E-state index in [9.17, 15) is 0 Å². The van der Waals surface area contributed by atoms with E-state index in [-0.39, 0.29) is 0 Å². The van der Waals surface area contributed by atoms with Crippen molar-refractivity contribution in [1.82, 2.24) is 9.88 Å². The molecule has 1 aliphatic rings. The Bertz CT molecular complexity index is 570. The SMILES string of the molecule is Nc1cccc(CN2CCC(CNc3ccccn3)C2)c1. The number of nitrogens with zero attached hydrogens (tertiary/aromatic N) is 2. The highest BCUT2D eigenvalue weighted by molar-refractivity contribution is 5.40. The van der Waals surface area contributed by atoms with Gasteiger partial charge in [-0.05, 0) is 48.7 Å². The van der Waals surface area contributed by atoms with Gasteiger partial charge in [0.2, 0.25) is 0 Å². The van der Waals surface area contributed by atoms with Gasteiger partial charge in [0.1, 0.15) is 5.82 Å². The Labute approximate surface area is 126 Å². The Hall–Kier alpha value is -2.07. The van der Waals surface area contributed by atoms with Crippen LogP contribution >= 0.6 is 0 Å². The third kappa shape index (κ3) is 3.95. The van der Waals surface area contributed by atoms with Gasteiger partial charge in [-0.2, -0.15) is 0 Å². The number of hydrogen-bond donors (Lipinski definition) is 2. The fraction of sp³-hybridized carbons (Fsp3) is 0.353. The summed E-state index contributed by atoms with van der Waals surface area (Å²) in [5.41, 5.74) is 7.98. The first kappa shape index (κ1) is 13.9. The third-order valence-electron chi connectivity index (χ3n) is 3.96. The summed E-state index contributed by atoms with van der Waals surface area (Å²) in [7, 11) is 0. The topological polar surface area (TPSA) is 54.2 Å². The first-order valence-electron chi connectivity index (χ1n) is 7.51. The maximum atomic E-state index is 5.84. The van der Waals surface area contributed by atoms with Crippen molar-refractivity contribution in [2.24, 2.45) is 5.92 Å². The molecule has 1 unspecified atom stereocenters. The van der Waals surface area contributed by atoms with Crippen LogP contribution in [0.4, 0.5) is 11.5 Å². The fourth-order valence-electron chi connectivity index (χ4n) is 2.89. The van der Waals surface area contributed by atoms with E-state index in [1.165, 1.54) is 12.0 Å². The molecule has 4 heteroatoms. The van der Waals surface area contributed by atoms with Gasteiger partial charge < -0.3 is 11.1 Å². The van der Waals surface area contributed by atoms with Gasteiger partial charge >= 0.3 is 0 Å². The van der Waals surface area contributed by atoms with Crippen LogP contribution in [0.15, 0.2) is 48.7 Å². The predicted octanol–water partition coefficient (Wildman–Crippen LogP) is 2.60. The Balaban J connectivity index is 1.47. The lowest BCUT2D eigenvalue weighted by Gasteiger charge is -2.16. The first-order chi connectivity index (χ1) is 10.3. The highest BCUT2D eigenvalue weighted by Crippen LogP contribution is 2.20. The van der Waals surface area contributed by atoms with Crippen LogP contribution in [0, 0.1) is 5.92 Å². The molecule has 1 fully saturated rings. The Morgan fingerprint density at radius 1 is 1.24 bits per heavy atom. The standard InChI is InChI=1S/C17H22N4/c18-16-5-3-4-14(10-16)12-21-9-7-15(13-21)11-20-17-6-1-2-8-19-17/h1-6,8,10,15H,7,9,11-13,18H2,(H,19,20). The minimum Gasteiger partial charge on any atom is -0.399 e. The van der Waals surface area contributed by atoms with E-state index in [0.29, 0.717) is 5.92 Å². The number of nitrogens with two attached hydrogens (primary N) is 1. The summed E-state index contributed by atoms with van der Waals surface area (Å²) < 4.78 is 0. The summed E-state index contributed by atoms with van der Waals surface area (Å²) in [5, 5.41) is 3.42. The van der Waals surface area contributed by atoms with Crippen LogP contribution in [0.1, 0.15) is 12.0 Å². The molecule has 0 amide bonds. The maximum Gasteiger partial charge on any atom is 0.125 e. The van der Waals surface area contributed by atoms with Crippen molar-refractivity contribution in [3.8, 4) is 0 Å². The van der Waals surface area contributed by atoms with Crippen LogP contribution in [-0.4, -0.2) is 29.5 Å². The molecule has 0 spiro atoms. The number of pyridine rings is 1. The quantitative estimate of drug-likeness (QED) is 0.828. The number of hydrogen-bond acceptors (Lipinski definition) is 4. The summed E-state index contributed by atoms with van der Waals surface area (Å²) in [5.74, 6) is 1.65. The molecule has 3 N–H and O–H groups in total. The number of aromatic nitrogens is 1. The Morgan fingerprint density at radius 2 is 2.19 bits per heavy atom. The van der Waals surface area contributed by atoms with Crippen molar-refractivity contribution < 1.29 is 0 Å². The van der Waals surface area contributed by atoms with Crippen molar-refractivity contribution in [3.63, 3.8) is 0 Å². The average molecular weight is 282 g/mol. The highest BCUT2D eigenvalue weighted by atomic mass is 15.1. The monoisotopic (exact) mass is 282 g/mol. The number of benzene rings is 1. The van der Waals surface area contributed by atoms with Crippen molar-refractivity contribution in [2.75, 3.05) is 30.7 Å². The van der Waals surface area contributed by atoms with E-state index in [0.717, 1.165) is 37.7 Å². The summed E-state index contributed by atoms with van der Waals surface area (Å²) in [6.07, 6.45) is 3.06. The molecule has 1 aromatic carbocycles. The van der Waals surface area contributed by atoms with Crippen LogP contribution in [0.5, 0.6) is 0 Å². The smallest absolute Gasteiger partial charge is 0.125 e. The molecule has 110 valence electrons. The van der Waals surface area contributed by atoms with Crippen molar-refractivity contribution in [2.45, 2.75) is 13.0 Å². The summed E-state index contributed by atoms with van der Waals surface area (Å²) in [6.45, 7) is 4.27. The lowest BCUT2D eigenvalue weighted by molar-refractivity contribution is 0.319. The summed E-state index contributed by atoms with van der Waals surface area (Å²) in [6, 6.07) is 14.1. The third-order valence-corrected chi connectivity index (χ3v) is 3.96. The van der Waals surface area contributed by atoms with Crippen LogP contribution in [0.2, 0.25) is 0 Å². The molecular formula is C17H22N4. The molecule has 0 aliphatic carbocycles. The normalized spacial score (nSPS) is 18.8. The number of nitrogen functional groups attached to an aromatic ring is 1. The zero-order chi connectivity index (χ0) is 14.5. The molecule has 3 rings (SSSR count). The molecule has 0 bridgehead atoms. The van der Waals surface area contributed by atoms with E-state index >= 15 is 0 Å². The highest BCUT2D eigenvalue weighted by Gasteiger charge is 2.22. The number of anilines is 2. The van der Waals surface area contributed by atoms with Crippen LogP contribution < -0.4 is 11.1 Å². The largest absolute Gasteiger partial charge is 0.399 e. The Kier molecular flexibility index (Phi) is 4.36.